The quantitative estimate of drug-likeness (QED) is 0.908. The molecule has 5 nitrogen and oxygen atoms in total. The monoisotopic (exact) mass is 296 g/mol. The molecule has 0 atom stereocenters. The lowest BCUT2D eigenvalue weighted by Crippen LogP contribution is -2.37. The Morgan fingerprint density at radius 2 is 1.80 bits per heavy atom. The highest BCUT2D eigenvalue weighted by atomic mass is 32.2. The standard InChI is InChI=1S/C14H20N2O3S/c1-11(17)16-8-6-13(7-9-16)10-12-2-4-14(5-3-12)20(15,18)19/h2-5,13H,6-10H2,1H3,(H2,15,18,19). The van der Waals surface area contributed by atoms with E-state index in [9.17, 15) is 13.2 Å². The van der Waals surface area contributed by atoms with Gasteiger partial charge in [0.05, 0.1) is 4.90 Å². The van der Waals surface area contributed by atoms with Crippen molar-refractivity contribution in [2.75, 3.05) is 13.1 Å². The minimum atomic E-state index is -3.61. The second kappa shape index (κ2) is 5.93. The largest absolute Gasteiger partial charge is 0.343 e. The predicted octanol–water partition coefficient (Wildman–Crippen LogP) is 1.14. The van der Waals surface area contributed by atoms with E-state index >= 15 is 0 Å². The maximum Gasteiger partial charge on any atom is 0.238 e. The maximum absolute atomic E-state index is 11.3. The number of hydrogen-bond donors (Lipinski definition) is 1. The van der Waals surface area contributed by atoms with E-state index in [-0.39, 0.29) is 10.8 Å². The van der Waals surface area contributed by atoms with E-state index in [0.717, 1.165) is 37.9 Å². The molecular weight excluding hydrogens is 276 g/mol. The van der Waals surface area contributed by atoms with E-state index in [1.54, 1.807) is 19.1 Å². The zero-order chi connectivity index (χ0) is 14.8. The smallest absolute Gasteiger partial charge is 0.238 e. The Morgan fingerprint density at radius 1 is 1.25 bits per heavy atom. The Balaban J connectivity index is 1.93. The van der Waals surface area contributed by atoms with E-state index in [0.29, 0.717) is 5.92 Å². The van der Waals surface area contributed by atoms with Crippen molar-refractivity contribution in [3.63, 3.8) is 0 Å². The van der Waals surface area contributed by atoms with Gasteiger partial charge in [-0.15, -0.1) is 0 Å². The van der Waals surface area contributed by atoms with Crippen molar-refractivity contribution in [3.8, 4) is 0 Å². The number of carbonyl (C=O) groups is 1. The fraction of sp³-hybridized carbons (Fsp3) is 0.500. The Labute approximate surface area is 119 Å². The first-order valence-electron chi connectivity index (χ1n) is 6.73. The van der Waals surface area contributed by atoms with Gasteiger partial charge in [0.2, 0.25) is 15.9 Å². The van der Waals surface area contributed by atoms with Crippen LogP contribution in [0, 0.1) is 5.92 Å². The van der Waals surface area contributed by atoms with Crippen molar-refractivity contribution in [1.29, 1.82) is 0 Å². The number of amides is 1. The first-order chi connectivity index (χ1) is 9.36. The van der Waals surface area contributed by atoms with Crippen LogP contribution in [0.4, 0.5) is 0 Å². The fourth-order valence-corrected chi connectivity index (χ4v) is 3.12. The third-order valence-electron chi connectivity index (χ3n) is 3.84. The molecular formula is C14H20N2O3S. The Morgan fingerprint density at radius 3 is 2.25 bits per heavy atom. The third kappa shape index (κ3) is 3.80. The van der Waals surface area contributed by atoms with E-state index < -0.39 is 10.0 Å². The van der Waals surface area contributed by atoms with Crippen LogP contribution in [0.25, 0.3) is 0 Å². The minimum absolute atomic E-state index is 0.140. The van der Waals surface area contributed by atoms with Crippen molar-refractivity contribution in [3.05, 3.63) is 29.8 Å². The molecule has 0 radical (unpaired) electrons. The molecule has 110 valence electrons. The minimum Gasteiger partial charge on any atom is -0.343 e. The van der Waals surface area contributed by atoms with Gasteiger partial charge in [-0.3, -0.25) is 4.79 Å². The van der Waals surface area contributed by atoms with Crippen LogP contribution in [0.15, 0.2) is 29.2 Å². The number of carbonyl (C=O) groups excluding carboxylic acids is 1. The number of rotatable bonds is 3. The lowest BCUT2D eigenvalue weighted by atomic mass is 9.90. The van der Waals surface area contributed by atoms with Gasteiger partial charge in [-0.1, -0.05) is 12.1 Å². The molecule has 1 fully saturated rings. The Kier molecular flexibility index (Phi) is 4.45. The molecule has 0 unspecified atom stereocenters. The summed E-state index contributed by atoms with van der Waals surface area (Å²) >= 11 is 0. The van der Waals surface area contributed by atoms with E-state index in [1.165, 1.54) is 0 Å². The number of nitrogens with two attached hydrogens (primary N) is 1. The van der Waals surface area contributed by atoms with Gasteiger partial charge in [0.25, 0.3) is 0 Å². The van der Waals surface area contributed by atoms with E-state index in [4.69, 9.17) is 5.14 Å². The van der Waals surface area contributed by atoms with Gasteiger partial charge in [-0.25, -0.2) is 13.6 Å². The van der Waals surface area contributed by atoms with Crippen LogP contribution >= 0.6 is 0 Å². The number of piperidine rings is 1. The van der Waals surface area contributed by atoms with Gasteiger partial charge < -0.3 is 4.90 Å². The first kappa shape index (κ1) is 15.0. The summed E-state index contributed by atoms with van der Waals surface area (Å²) in [6.07, 6.45) is 2.91. The molecule has 0 aliphatic carbocycles. The molecule has 1 aliphatic heterocycles. The van der Waals surface area contributed by atoms with Crippen molar-refractivity contribution in [2.45, 2.75) is 31.1 Å². The fourth-order valence-electron chi connectivity index (χ4n) is 2.60. The number of sulfonamides is 1. The van der Waals surface area contributed by atoms with Crippen LogP contribution in [-0.4, -0.2) is 32.3 Å². The average molecular weight is 296 g/mol. The second-order valence-electron chi connectivity index (χ2n) is 5.34. The highest BCUT2D eigenvalue weighted by Crippen LogP contribution is 2.22. The van der Waals surface area contributed by atoms with E-state index in [1.807, 2.05) is 17.0 Å². The summed E-state index contributed by atoms with van der Waals surface area (Å²) in [5.74, 6) is 0.687. The summed E-state index contributed by atoms with van der Waals surface area (Å²) in [5.41, 5.74) is 1.11. The molecule has 1 aromatic rings. The summed E-state index contributed by atoms with van der Waals surface area (Å²) in [5, 5.41) is 5.07. The van der Waals surface area contributed by atoms with E-state index in [2.05, 4.69) is 0 Å². The lowest BCUT2D eigenvalue weighted by molar-refractivity contribution is -0.130. The van der Waals surface area contributed by atoms with Gasteiger partial charge in [0, 0.05) is 20.0 Å². The van der Waals surface area contributed by atoms with Gasteiger partial charge in [0.1, 0.15) is 0 Å². The summed E-state index contributed by atoms with van der Waals surface area (Å²) < 4.78 is 22.3. The molecule has 0 bridgehead atoms. The highest BCUT2D eigenvalue weighted by Gasteiger charge is 2.20. The molecule has 1 heterocycles. The SMILES string of the molecule is CC(=O)N1CCC(Cc2ccc(S(N)(=O)=O)cc2)CC1. The lowest BCUT2D eigenvalue weighted by Gasteiger charge is -2.31. The van der Waals surface area contributed by atoms with Gasteiger partial charge in [-0.2, -0.15) is 0 Å². The van der Waals surface area contributed by atoms with Crippen molar-refractivity contribution in [2.24, 2.45) is 11.1 Å². The first-order valence-corrected chi connectivity index (χ1v) is 8.28. The number of nitrogens with zero attached hydrogens (tertiary/aromatic N) is 1. The van der Waals surface area contributed by atoms with Crippen molar-refractivity contribution < 1.29 is 13.2 Å². The molecule has 1 amide bonds. The Hall–Kier alpha value is -1.40. The van der Waals surface area contributed by atoms with Crippen molar-refractivity contribution >= 4 is 15.9 Å². The maximum atomic E-state index is 11.3. The number of likely N-dealkylation sites (tertiary alicyclic amines) is 1. The summed E-state index contributed by atoms with van der Waals surface area (Å²) in [4.78, 5) is 13.3. The normalized spacial score (nSPS) is 17.2. The third-order valence-corrected chi connectivity index (χ3v) is 4.77. The molecule has 2 rings (SSSR count). The molecule has 1 aliphatic rings. The average Bonchev–Trinajstić information content (AvgIpc) is 2.39. The molecule has 2 N–H and O–H groups in total. The zero-order valence-electron chi connectivity index (χ0n) is 11.6. The molecule has 1 aromatic carbocycles. The predicted molar refractivity (Wildman–Crippen MR) is 76.5 cm³/mol. The molecule has 0 aromatic heterocycles. The second-order valence-corrected chi connectivity index (χ2v) is 6.90. The van der Waals surface area contributed by atoms with Gasteiger partial charge >= 0.3 is 0 Å². The molecule has 1 saturated heterocycles. The summed E-state index contributed by atoms with van der Waals surface area (Å²) in [7, 11) is -3.61. The van der Waals surface area contributed by atoms with Crippen LogP contribution in [-0.2, 0) is 21.2 Å². The van der Waals surface area contributed by atoms with Crippen LogP contribution < -0.4 is 5.14 Å². The highest BCUT2D eigenvalue weighted by molar-refractivity contribution is 7.89. The molecule has 6 heteroatoms. The Bertz CT molecular complexity index is 573. The molecule has 20 heavy (non-hydrogen) atoms. The number of hydrogen-bond acceptors (Lipinski definition) is 3. The van der Waals surface area contributed by atoms with Crippen LogP contribution in [0.3, 0.4) is 0 Å². The molecule has 0 saturated carbocycles. The topological polar surface area (TPSA) is 80.5 Å². The number of benzene rings is 1. The van der Waals surface area contributed by atoms with Crippen LogP contribution in [0.5, 0.6) is 0 Å². The van der Waals surface area contributed by atoms with Crippen LogP contribution in [0.1, 0.15) is 25.3 Å². The van der Waals surface area contributed by atoms with Crippen molar-refractivity contribution in [1.82, 2.24) is 4.90 Å². The van der Waals surface area contributed by atoms with Crippen LogP contribution in [0.2, 0.25) is 0 Å². The van der Waals surface area contributed by atoms with Gasteiger partial charge in [-0.05, 0) is 42.9 Å². The summed E-state index contributed by atoms with van der Waals surface area (Å²) in [6.45, 7) is 3.23. The van der Waals surface area contributed by atoms with Gasteiger partial charge in [0.15, 0.2) is 0 Å². The zero-order valence-corrected chi connectivity index (χ0v) is 12.4. The molecule has 0 spiro atoms. The number of primary sulfonamides is 1. The summed E-state index contributed by atoms with van der Waals surface area (Å²) in [6, 6.07) is 6.74.